The highest BCUT2D eigenvalue weighted by molar-refractivity contribution is 8.00. The van der Waals surface area contributed by atoms with E-state index >= 15 is 0 Å². The Kier molecular flexibility index (Phi) is 6.96. The Balaban J connectivity index is 1.47. The minimum absolute atomic E-state index is 0.0427. The minimum Gasteiger partial charge on any atom is -0.377 e. The normalized spacial score (nSPS) is 14.8. The van der Waals surface area contributed by atoms with Gasteiger partial charge in [-0.2, -0.15) is 0 Å². The molecule has 1 unspecified atom stereocenters. The summed E-state index contributed by atoms with van der Waals surface area (Å²) in [6.45, 7) is 0. The molecule has 1 N–H and O–H groups in total. The molecule has 1 aliphatic carbocycles. The summed E-state index contributed by atoms with van der Waals surface area (Å²) >= 11 is 7.98. The van der Waals surface area contributed by atoms with E-state index in [-0.39, 0.29) is 6.10 Å². The fourth-order valence-electron chi connectivity index (χ4n) is 3.21. The van der Waals surface area contributed by atoms with Crippen molar-refractivity contribution in [3.63, 3.8) is 0 Å². The molecular formula is C19H24ClN3OS. The predicted molar refractivity (Wildman–Crippen MR) is 105 cm³/mol. The number of ether oxygens (including phenoxy) is 1. The van der Waals surface area contributed by atoms with Crippen LogP contribution in [0.4, 0.5) is 5.82 Å². The van der Waals surface area contributed by atoms with E-state index in [0.29, 0.717) is 0 Å². The van der Waals surface area contributed by atoms with Gasteiger partial charge in [-0.25, -0.2) is 9.97 Å². The molecule has 0 radical (unpaired) electrons. The fraction of sp³-hybridized carbons (Fsp3) is 0.474. The lowest BCUT2D eigenvalue weighted by molar-refractivity contribution is 0.0953. The molecule has 1 atom stereocenters. The minimum atomic E-state index is 0.0427. The average molecular weight is 378 g/mol. The molecule has 0 fully saturated rings. The van der Waals surface area contributed by atoms with Crippen LogP contribution < -0.4 is 4.72 Å². The lowest BCUT2D eigenvalue weighted by Gasteiger charge is -2.18. The van der Waals surface area contributed by atoms with Gasteiger partial charge in [0, 0.05) is 29.1 Å². The Labute approximate surface area is 158 Å². The number of fused-ring (bicyclic) bond motifs is 1. The third-order valence-electron chi connectivity index (χ3n) is 4.54. The zero-order valence-electron chi connectivity index (χ0n) is 14.5. The first-order chi connectivity index (χ1) is 12.3. The maximum atomic E-state index is 6.27. The van der Waals surface area contributed by atoms with E-state index in [1.165, 1.54) is 24.1 Å². The SMILES string of the molecule is COC(CCCSNc1ncnc2c1CCCC2)c1ccccc1Cl. The highest BCUT2D eigenvalue weighted by atomic mass is 35.5. The van der Waals surface area contributed by atoms with Gasteiger partial charge in [0.15, 0.2) is 0 Å². The number of benzene rings is 1. The second-order valence-corrected chi connectivity index (χ2v) is 7.50. The Hall–Kier alpha value is -1.30. The van der Waals surface area contributed by atoms with Crippen molar-refractivity contribution in [3.8, 4) is 0 Å². The summed E-state index contributed by atoms with van der Waals surface area (Å²) in [6, 6.07) is 7.90. The Morgan fingerprint density at radius 3 is 2.92 bits per heavy atom. The van der Waals surface area contributed by atoms with Crippen LogP contribution >= 0.6 is 23.5 Å². The Morgan fingerprint density at radius 2 is 2.08 bits per heavy atom. The number of hydrogen-bond donors (Lipinski definition) is 1. The molecule has 0 aliphatic heterocycles. The third kappa shape index (κ3) is 4.87. The van der Waals surface area contributed by atoms with Gasteiger partial charge < -0.3 is 9.46 Å². The first-order valence-electron chi connectivity index (χ1n) is 8.77. The number of halogens is 1. The average Bonchev–Trinajstić information content (AvgIpc) is 2.66. The van der Waals surface area contributed by atoms with Crippen molar-refractivity contribution in [1.82, 2.24) is 9.97 Å². The van der Waals surface area contributed by atoms with Crippen LogP contribution in [0.15, 0.2) is 30.6 Å². The Bertz CT molecular complexity index is 698. The maximum Gasteiger partial charge on any atom is 0.142 e. The number of nitrogens with one attached hydrogen (secondary N) is 1. The quantitative estimate of drug-likeness (QED) is 0.503. The monoisotopic (exact) mass is 377 g/mol. The van der Waals surface area contributed by atoms with E-state index in [1.807, 2.05) is 24.3 Å². The maximum absolute atomic E-state index is 6.27. The number of nitrogens with zero attached hydrogens (tertiary/aromatic N) is 2. The molecule has 4 nitrogen and oxygen atoms in total. The molecule has 0 amide bonds. The summed E-state index contributed by atoms with van der Waals surface area (Å²) in [5, 5.41) is 0.771. The molecule has 0 saturated carbocycles. The van der Waals surface area contributed by atoms with Crippen molar-refractivity contribution in [3.05, 3.63) is 52.4 Å². The van der Waals surface area contributed by atoms with Crippen molar-refractivity contribution in [2.75, 3.05) is 17.6 Å². The van der Waals surface area contributed by atoms with E-state index in [1.54, 1.807) is 25.4 Å². The summed E-state index contributed by atoms with van der Waals surface area (Å²) in [7, 11) is 1.74. The van der Waals surface area contributed by atoms with Gasteiger partial charge in [-0.3, -0.25) is 0 Å². The summed E-state index contributed by atoms with van der Waals surface area (Å²) in [4.78, 5) is 8.83. The zero-order chi connectivity index (χ0) is 17.5. The van der Waals surface area contributed by atoms with Crippen molar-refractivity contribution in [1.29, 1.82) is 0 Å². The highest BCUT2D eigenvalue weighted by Gasteiger charge is 2.16. The third-order valence-corrected chi connectivity index (χ3v) is 5.72. The molecule has 0 bridgehead atoms. The van der Waals surface area contributed by atoms with E-state index in [9.17, 15) is 0 Å². The highest BCUT2D eigenvalue weighted by Crippen LogP contribution is 2.30. The van der Waals surface area contributed by atoms with Gasteiger partial charge in [-0.05, 0) is 50.2 Å². The molecule has 1 heterocycles. The molecule has 6 heteroatoms. The van der Waals surface area contributed by atoms with Crippen LogP contribution in [0.5, 0.6) is 0 Å². The molecule has 0 saturated heterocycles. The van der Waals surface area contributed by atoms with E-state index in [2.05, 4.69) is 14.7 Å². The zero-order valence-corrected chi connectivity index (χ0v) is 16.1. The standard InChI is InChI=1S/C19H24ClN3OS/c1-24-18(14-7-2-4-9-16(14)20)11-6-12-25-23-19-15-8-3-5-10-17(15)21-13-22-19/h2,4,7,9,13,18H,3,5-6,8,10-12H2,1H3,(H,21,22,23). The number of aryl methyl sites for hydroxylation is 1. The lowest BCUT2D eigenvalue weighted by atomic mass is 9.97. The van der Waals surface area contributed by atoms with Gasteiger partial charge in [-0.1, -0.05) is 41.7 Å². The van der Waals surface area contributed by atoms with Crippen LogP contribution in [-0.2, 0) is 17.6 Å². The first-order valence-corrected chi connectivity index (χ1v) is 10.1. The molecular weight excluding hydrogens is 354 g/mol. The second kappa shape index (κ2) is 9.41. The second-order valence-electron chi connectivity index (χ2n) is 6.19. The van der Waals surface area contributed by atoms with Gasteiger partial charge in [0.2, 0.25) is 0 Å². The van der Waals surface area contributed by atoms with Crippen LogP contribution in [0.2, 0.25) is 5.02 Å². The topological polar surface area (TPSA) is 47.0 Å². The predicted octanol–water partition coefficient (Wildman–Crippen LogP) is 5.24. The van der Waals surface area contributed by atoms with Crippen LogP contribution in [-0.4, -0.2) is 22.8 Å². The van der Waals surface area contributed by atoms with Gasteiger partial charge in [0.1, 0.15) is 12.1 Å². The number of hydrogen-bond acceptors (Lipinski definition) is 5. The lowest BCUT2D eigenvalue weighted by Crippen LogP contribution is -2.09. The van der Waals surface area contributed by atoms with Crippen molar-refractivity contribution < 1.29 is 4.74 Å². The number of aromatic nitrogens is 2. The van der Waals surface area contributed by atoms with Crippen LogP contribution in [0, 0.1) is 0 Å². The van der Waals surface area contributed by atoms with Gasteiger partial charge in [-0.15, -0.1) is 0 Å². The van der Waals surface area contributed by atoms with Crippen molar-refractivity contribution >= 4 is 29.4 Å². The van der Waals surface area contributed by atoms with Gasteiger partial charge in [0.05, 0.1) is 6.10 Å². The Morgan fingerprint density at radius 1 is 1.24 bits per heavy atom. The molecule has 1 aliphatic rings. The fourth-order valence-corrected chi connectivity index (χ4v) is 4.19. The van der Waals surface area contributed by atoms with Gasteiger partial charge >= 0.3 is 0 Å². The first kappa shape index (κ1) is 18.5. The summed E-state index contributed by atoms with van der Waals surface area (Å²) in [5.41, 5.74) is 3.57. The van der Waals surface area contributed by atoms with E-state index in [0.717, 1.165) is 47.8 Å². The number of methoxy groups -OCH3 is 1. The van der Waals surface area contributed by atoms with Crippen molar-refractivity contribution in [2.45, 2.75) is 44.6 Å². The van der Waals surface area contributed by atoms with Crippen LogP contribution in [0.25, 0.3) is 0 Å². The molecule has 1 aromatic heterocycles. The number of anilines is 1. The smallest absolute Gasteiger partial charge is 0.142 e. The molecule has 1 aromatic carbocycles. The largest absolute Gasteiger partial charge is 0.377 e. The van der Waals surface area contributed by atoms with Crippen molar-refractivity contribution in [2.24, 2.45) is 0 Å². The summed E-state index contributed by atoms with van der Waals surface area (Å²) in [6.07, 6.45) is 8.31. The van der Waals surface area contributed by atoms with Crippen LogP contribution in [0.1, 0.15) is 48.6 Å². The van der Waals surface area contributed by atoms with Crippen LogP contribution in [0.3, 0.4) is 0 Å². The summed E-state index contributed by atoms with van der Waals surface area (Å²) < 4.78 is 9.04. The summed E-state index contributed by atoms with van der Waals surface area (Å²) in [5.74, 6) is 1.98. The molecule has 2 aromatic rings. The molecule has 0 spiro atoms. The molecule has 25 heavy (non-hydrogen) atoms. The molecule has 3 rings (SSSR count). The van der Waals surface area contributed by atoms with E-state index < -0.39 is 0 Å². The van der Waals surface area contributed by atoms with Gasteiger partial charge in [0.25, 0.3) is 0 Å². The van der Waals surface area contributed by atoms with E-state index in [4.69, 9.17) is 16.3 Å². The number of rotatable bonds is 8. The molecule has 134 valence electrons.